The van der Waals surface area contributed by atoms with Gasteiger partial charge in [0.05, 0.1) is 10.5 Å². The summed E-state index contributed by atoms with van der Waals surface area (Å²) in [6, 6.07) is 11.1. The minimum Gasteiger partial charge on any atom is -0.457 e. The number of nitro benzene ring substituents is 1. The normalized spacial score (nSPS) is 11.2. The summed E-state index contributed by atoms with van der Waals surface area (Å²) in [5.41, 5.74) is 6.58. The van der Waals surface area contributed by atoms with Crippen molar-refractivity contribution in [2.45, 2.75) is 6.92 Å². The number of ether oxygens (including phenoxy) is 1. The summed E-state index contributed by atoms with van der Waals surface area (Å²) >= 11 is 0. The number of oxime groups is 1. The highest BCUT2D eigenvalue weighted by Crippen LogP contribution is 2.28. The first kappa shape index (κ1) is 14.3. The van der Waals surface area contributed by atoms with Crippen LogP contribution in [0.25, 0.3) is 0 Å². The molecule has 0 unspecified atom stereocenters. The highest BCUT2D eigenvalue weighted by molar-refractivity contribution is 6.00. The van der Waals surface area contributed by atoms with Crippen LogP contribution >= 0.6 is 0 Å². The van der Waals surface area contributed by atoms with Gasteiger partial charge in [-0.2, -0.15) is 0 Å². The van der Waals surface area contributed by atoms with Crippen molar-refractivity contribution in [3.63, 3.8) is 0 Å². The van der Waals surface area contributed by atoms with Gasteiger partial charge in [-0.1, -0.05) is 22.9 Å². The largest absolute Gasteiger partial charge is 0.457 e. The Hall–Kier alpha value is -3.09. The number of hydrogen-bond donors (Lipinski definition) is 2. The molecule has 7 nitrogen and oxygen atoms in total. The maximum absolute atomic E-state index is 10.8. The number of nitrogens with zero attached hydrogens (tertiary/aromatic N) is 2. The molecule has 0 fully saturated rings. The maximum Gasteiger partial charge on any atom is 0.270 e. The lowest BCUT2D eigenvalue weighted by atomic mass is 10.1. The summed E-state index contributed by atoms with van der Waals surface area (Å²) < 4.78 is 5.63. The van der Waals surface area contributed by atoms with E-state index in [4.69, 9.17) is 15.7 Å². The molecule has 0 spiro atoms. The van der Waals surface area contributed by atoms with E-state index in [-0.39, 0.29) is 22.8 Å². The van der Waals surface area contributed by atoms with E-state index in [1.54, 1.807) is 12.1 Å². The van der Waals surface area contributed by atoms with Crippen molar-refractivity contribution in [1.29, 1.82) is 0 Å². The van der Waals surface area contributed by atoms with E-state index in [0.717, 1.165) is 5.56 Å². The smallest absolute Gasteiger partial charge is 0.270 e. The molecule has 0 saturated carbocycles. The van der Waals surface area contributed by atoms with Crippen molar-refractivity contribution in [3.8, 4) is 11.5 Å². The fourth-order valence-electron chi connectivity index (χ4n) is 1.71. The number of hydrogen-bond acceptors (Lipinski definition) is 5. The van der Waals surface area contributed by atoms with Crippen LogP contribution in [0.1, 0.15) is 11.1 Å². The Labute approximate surface area is 120 Å². The van der Waals surface area contributed by atoms with Crippen molar-refractivity contribution in [3.05, 3.63) is 63.7 Å². The van der Waals surface area contributed by atoms with Crippen LogP contribution in [0.5, 0.6) is 11.5 Å². The Morgan fingerprint density at radius 2 is 1.95 bits per heavy atom. The van der Waals surface area contributed by atoms with Gasteiger partial charge in [0.25, 0.3) is 5.69 Å². The van der Waals surface area contributed by atoms with Crippen LogP contribution in [-0.4, -0.2) is 16.0 Å². The zero-order chi connectivity index (χ0) is 15.4. The van der Waals surface area contributed by atoms with Gasteiger partial charge >= 0.3 is 0 Å². The number of rotatable bonds is 4. The molecule has 21 heavy (non-hydrogen) atoms. The number of nitro groups is 1. The summed E-state index contributed by atoms with van der Waals surface area (Å²) in [5.74, 6) is 0.544. The molecule has 0 bridgehead atoms. The highest BCUT2D eigenvalue weighted by Gasteiger charge is 2.15. The van der Waals surface area contributed by atoms with E-state index < -0.39 is 4.92 Å². The lowest BCUT2D eigenvalue weighted by Crippen LogP contribution is -2.14. The molecule has 2 aromatic rings. The van der Waals surface area contributed by atoms with E-state index in [1.807, 2.05) is 19.1 Å². The van der Waals surface area contributed by atoms with Crippen molar-refractivity contribution < 1.29 is 14.9 Å². The lowest BCUT2D eigenvalue weighted by Gasteiger charge is -2.10. The molecule has 0 aliphatic carbocycles. The molecule has 3 N–H and O–H groups in total. The number of benzene rings is 2. The molecule has 108 valence electrons. The molecule has 0 atom stereocenters. The summed E-state index contributed by atoms with van der Waals surface area (Å²) in [5, 5.41) is 22.4. The maximum atomic E-state index is 10.8. The molecular formula is C14H13N3O4. The van der Waals surface area contributed by atoms with Crippen LogP contribution < -0.4 is 10.5 Å². The highest BCUT2D eigenvalue weighted by atomic mass is 16.6. The van der Waals surface area contributed by atoms with Gasteiger partial charge in [-0.3, -0.25) is 10.1 Å². The predicted octanol–water partition coefficient (Wildman–Crippen LogP) is 2.79. The van der Waals surface area contributed by atoms with Gasteiger partial charge < -0.3 is 15.7 Å². The van der Waals surface area contributed by atoms with Crippen LogP contribution in [-0.2, 0) is 0 Å². The van der Waals surface area contributed by atoms with E-state index >= 15 is 0 Å². The van der Waals surface area contributed by atoms with Gasteiger partial charge in [0.1, 0.15) is 11.5 Å². The molecule has 0 aromatic heterocycles. The average Bonchev–Trinajstić information content (AvgIpc) is 2.49. The number of nitrogens with two attached hydrogens (primary N) is 1. The SMILES string of the molecule is Cc1ccc(Oc2ccc([N+](=O)[O-])cc2C(N)=NO)cc1. The first-order valence-corrected chi connectivity index (χ1v) is 6.02. The van der Waals surface area contributed by atoms with Gasteiger partial charge in [0, 0.05) is 12.1 Å². The molecule has 0 heterocycles. The predicted molar refractivity (Wildman–Crippen MR) is 76.9 cm³/mol. The van der Waals surface area contributed by atoms with E-state index in [1.165, 1.54) is 18.2 Å². The van der Waals surface area contributed by atoms with Crippen molar-refractivity contribution in [2.24, 2.45) is 10.9 Å². The summed E-state index contributed by atoms with van der Waals surface area (Å²) in [7, 11) is 0. The first-order chi connectivity index (χ1) is 10.0. The fraction of sp³-hybridized carbons (Fsp3) is 0.0714. The first-order valence-electron chi connectivity index (χ1n) is 6.02. The second kappa shape index (κ2) is 5.91. The quantitative estimate of drug-likeness (QED) is 0.295. The summed E-state index contributed by atoms with van der Waals surface area (Å²) in [6.07, 6.45) is 0. The molecule has 0 amide bonds. The van der Waals surface area contributed by atoms with Crippen LogP contribution in [0.4, 0.5) is 5.69 Å². The molecular weight excluding hydrogens is 274 g/mol. The van der Waals surface area contributed by atoms with E-state index in [0.29, 0.717) is 5.75 Å². The molecule has 7 heteroatoms. The Morgan fingerprint density at radius 3 is 2.52 bits per heavy atom. The van der Waals surface area contributed by atoms with Gasteiger partial charge in [-0.15, -0.1) is 0 Å². The third kappa shape index (κ3) is 3.27. The van der Waals surface area contributed by atoms with Crippen molar-refractivity contribution >= 4 is 11.5 Å². The van der Waals surface area contributed by atoms with E-state index in [9.17, 15) is 10.1 Å². The topological polar surface area (TPSA) is 111 Å². The second-order valence-corrected chi connectivity index (χ2v) is 4.34. The van der Waals surface area contributed by atoms with Gasteiger partial charge in [0.15, 0.2) is 5.84 Å². The minimum atomic E-state index is -0.566. The standard InChI is InChI=1S/C14H13N3O4/c1-9-2-5-11(6-3-9)21-13-7-4-10(17(19)20)8-12(13)14(15)16-18/h2-8,18H,1H3,(H2,15,16). The average molecular weight is 287 g/mol. The number of aryl methyl sites for hydroxylation is 1. The fourth-order valence-corrected chi connectivity index (χ4v) is 1.71. The Kier molecular flexibility index (Phi) is 4.03. The van der Waals surface area contributed by atoms with Crippen molar-refractivity contribution in [2.75, 3.05) is 0 Å². The van der Waals surface area contributed by atoms with Crippen LogP contribution in [0.3, 0.4) is 0 Å². The second-order valence-electron chi connectivity index (χ2n) is 4.34. The van der Waals surface area contributed by atoms with Gasteiger partial charge in [-0.05, 0) is 25.1 Å². The monoisotopic (exact) mass is 287 g/mol. The zero-order valence-electron chi connectivity index (χ0n) is 11.2. The summed E-state index contributed by atoms with van der Waals surface area (Å²) in [4.78, 5) is 10.2. The lowest BCUT2D eigenvalue weighted by molar-refractivity contribution is -0.384. The van der Waals surface area contributed by atoms with Crippen LogP contribution in [0.2, 0.25) is 0 Å². The molecule has 2 aromatic carbocycles. The Balaban J connectivity index is 2.42. The van der Waals surface area contributed by atoms with Crippen LogP contribution in [0.15, 0.2) is 47.6 Å². The van der Waals surface area contributed by atoms with Crippen LogP contribution in [0, 0.1) is 17.0 Å². The molecule has 0 radical (unpaired) electrons. The Bertz CT molecular complexity index is 696. The van der Waals surface area contributed by atoms with Crippen molar-refractivity contribution in [1.82, 2.24) is 0 Å². The Morgan fingerprint density at radius 1 is 1.29 bits per heavy atom. The third-order valence-electron chi connectivity index (χ3n) is 2.81. The van der Waals surface area contributed by atoms with Gasteiger partial charge in [-0.25, -0.2) is 0 Å². The molecule has 0 aliphatic heterocycles. The molecule has 0 aliphatic rings. The third-order valence-corrected chi connectivity index (χ3v) is 2.81. The minimum absolute atomic E-state index is 0.146. The van der Waals surface area contributed by atoms with Gasteiger partial charge in [0.2, 0.25) is 0 Å². The van der Waals surface area contributed by atoms with E-state index in [2.05, 4.69) is 5.16 Å². The number of amidine groups is 1. The zero-order valence-corrected chi connectivity index (χ0v) is 11.2. The summed E-state index contributed by atoms with van der Waals surface area (Å²) in [6.45, 7) is 1.94. The number of non-ortho nitro benzene ring substituents is 1. The molecule has 2 rings (SSSR count). The molecule has 0 saturated heterocycles.